The predicted molar refractivity (Wildman–Crippen MR) is 119 cm³/mol. The van der Waals surface area contributed by atoms with Crippen LogP contribution in [0.5, 0.6) is 11.5 Å². The first-order valence-electron chi connectivity index (χ1n) is 9.42. The third-order valence-electron chi connectivity index (χ3n) is 4.58. The molecule has 3 rings (SSSR count). The number of halogens is 1. The number of nitrogens with one attached hydrogen (secondary N) is 1. The van der Waals surface area contributed by atoms with Gasteiger partial charge in [0.25, 0.3) is 5.91 Å². The second-order valence-electron chi connectivity index (χ2n) is 6.57. The van der Waals surface area contributed by atoms with Gasteiger partial charge in [0.15, 0.2) is 11.5 Å². The van der Waals surface area contributed by atoms with E-state index in [1.807, 2.05) is 30.3 Å². The number of hydrogen-bond acceptors (Lipinski definition) is 5. The van der Waals surface area contributed by atoms with E-state index in [9.17, 15) is 4.79 Å². The lowest BCUT2D eigenvalue weighted by Crippen LogP contribution is -2.19. The molecule has 1 fully saturated rings. The van der Waals surface area contributed by atoms with E-state index in [1.165, 1.54) is 12.8 Å². The Balaban J connectivity index is 1.63. The molecule has 1 amide bonds. The van der Waals surface area contributed by atoms with E-state index in [1.54, 1.807) is 25.5 Å². The number of amides is 1. The number of methoxy groups -OCH3 is 1. The Bertz CT molecular complexity index is 891. The standard InChI is InChI=1S/C22H24BrN3O3/c1-3-12-29-21-19(23)13-16(14-20(21)28-2)15-24-25-22(27)17-6-8-18(9-7-17)26-10-4-5-11-26/h3,6-9,13-15H,1,4-5,10-12H2,2H3,(H,25,27)/b24-15-. The molecular weight excluding hydrogens is 434 g/mol. The number of hydrogen-bond donors (Lipinski definition) is 1. The summed E-state index contributed by atoms with van der Waals surface area (Å²) in [4.78, 5) is 14.7. The van der Waals surface area contributed by atoms with Gasteiger partial charge in [-0.25, -0.2) is 5.43 Å². The number of ether oxygens (including phenoxy) is 2. The van der Waals surface area contributed by atoms with Gasteiger partial charge in [0.05, 0.1) is 17.8 Å². The van der Waals surface area contributed by atoms with Crippen LogP contribution < -0.4 is 19.8 Å². The van der Waals surface area contributed by atoms with Crippen LogP contribution in [-0.4, -0.2) is 38.9 Å². The van der Waals surface area contributed by atoms with Crippen molar-refractivity contribution in [2.45, 2.75) is 12.8 Å². The third kappa shape index (κ3) is 5.38. The van der Waals surface area contributed by atoms with Crippen LogP contribution >= 0.6 is 15.9 Å². The van der Waals surface area contributed by atoms with Crippen LogP contribution in [0.2, 0.25) is 0 Å². The molecule has 7 heteroatoms. The molecule has 0 radical (unpaired) electrons. The zero-order valence-corrected chi connectivity index (χ0v) is 17.9. The molecular formula is C22H24BrN3O3. The monoisotopic (exact) mass is 457 g/mol. The summed E-state index contributed by atoms with van der Waals surface area (Å²) in [6.07, 6.45) is 5.66. The molecule has 152 valence electrons. The maximum atomic E-state index is 12.3. The average molecular weight is 458 g/mol. The molecule has 2 aromatic rings. The van der Waals surface area contributed by atoms with E-state index in [0.29, 0.717) is 23.7 Å². The van der Waals surface area contributed by atoms with E-state index < -0.39 is 0 Å². The summed E-state index contributed by atoms with van der Waals surface area (Å²) in [7, 11) is 1.57. The Morgan fingerprint density at radius 1 is 1.28 bits per heavy atom. The number of rotatable bonds is 8. The summed E-state index contributed by atoms with van der Waals surface area (Å²) in [5.41, 5.74) is 5.03. The van der Waals surface area contributed by atoms with Gasteiger partial charge in [-0.1, -0.05) is 12.7 Å². The van der Waals surface area contributed by atoms with Crippen molar-refractivity contribution in [1.29, 1.82) is 0 Å². The van der Waals surface area contributed by atoms with Crippen molar-refractivity contribution in [3.8, 4) is 11.5 Å². The first kappa shape index (κ1) is 20.9. The largest absolute Gasteiger partial charge is 0.493 e. The van der Waals surface area contributed by atoms with Crippen molar-refractivity contribution in [2.24, 2.45) is 5.10 Å². The fourth-order valence-electron chi connectivity index (χ4n) is 3.13. The lowest BCUT2D eigenvalue weighted by Gasteiger charge is -2.17. The Morgan fingerprint density at radius 3 is 2.66 bits per heavy atom. The smallest absolute Gasteiger partial charge is 0.271 e. The van der Waals surface area contributed by atoms with E-state index in [0.717, 1.165) is 28.8 Å². The molecule has 29 heavy (non-hydrogen) atoms. The lowest BCUT2D eigenvalue weighted by molar-refractivity contribution is 0.0955. The van der Waals surface area contributed by atoms with Gasteiger partial charge < -0.3 is 14.4 Å². The number of benzene rings is 2. The van der Waals surface area contributed by atoms with Gasteiger partial charge in [-0.3, -0.25) is 4.79 Å². The number of hydrazone groups is 1. The number of nitrogens with zero attached hydrogens (tertiary/aromatic N) is 2. The highest BCUT2D eigenvalue weighted by Crippen LogP contribution is 2.36. The van der Waals surface area contributed by atoms with E-state index in [4.69, 9.17) is 9.47 Å². The van der Waals surface area contributed by atoms with Crippen LogP contribution in [0.25, 0.3) is 0 Å². The van der Waals surface area contributed by atoms with E-state index >= 15 is 0 Å². The molecule has 0 saturated carbocycles. The molecule has 0 atom stereocenters. The van der Waals surface area contributed by atoms with Crippen molar-refractivity contribution < 1.29 is 14.3 Å². The molecule has 1 aliphatic heterocycles. The van der Waals surface area contributed by atoms with Crippen LogP contribution in [-0.2, 0) is 0 Å². The highest BCUT2D eigenvalue weighted by atomic mass is 79.9. The van der Waals surface area contributed by atoms with Gasteiger partial charge >= 0.3 is 0 Å². The zero-order valence-electron chi connectivity index (χ0n) is 16.4. The summed E-state index contributed by atoms with van der Waals surface area (Å²) < 4.78 is 11.7. The first-order chi connectivity index (χ1) is 14.1. The number of anilines is 1. The summed E-state index contributed by atoms with van der Waals surface area (Å²) in [5, 5.41) is 4.06. The van der Waals surface area contributed by atoms with Gasteiger partial charge in [0, 0.05) is 24.3 Å². The van der Waals surface area contributed by atoms with Gasteiger partial charge in [0.1, 0.15) is 6.61 Å². The van der Waals surface area contributed by atoms with Crippen LogP contribution in [0.4, 0.5) is 5.69 Å². The highest BCUT2D eigenvalue weighted by molar-refractivity contribution is 9.10. The molecule has 0 spiro atoms. The molecule has 0 aromatic heterocycles. The van der Waals surface area contributed by atoms with Gasteiger partial charge in [-0.05, 0) is 70.7 Å². The molecule has 0 unspecified atom stereocenters. The van der Waals surface area contributed by atoms with Crippen LogP contribution in [0.3, 0.4) is 0 Å². The van der Waals surface area contributed by atoms with Gasteiger partial charge in [0.2, 0.25) is 0 Å². The topological polar surface area (TPSA) is 63.2 Å². The molecule has 0 aliphatic carbocycles. The summed E-state index contributed by atoms with van der Waals surface area (Å²) >= 11 is 3.47. The van der Waals surface area contributed by atoms with E-state index in [-0.39, 0.29) is 5.91 Å². The van der Waals surface area contributed by atoms with Crippen molar-refractivity contribution in [3.05, 3.63) is 64.7 Å². The quantitative estimate of drug-likeness (QED) is 0.362. The third-order valence-corrected chi connectivity index (χ3v) is 5.17. The first-order valence-corrected chi connectivity index (χ1v) is 10.2. The van der Waals surface area contributed by atoms with Crippen LogP contribution in [0.15, 0.2) is 58.6 Å². The molecule has 1 saturated heterocycles. The van der Waals surface area contributed by atoms with Crippen molar-refractivity contribution in [3.63, 3.8) is 0 Å². The Labute approximate surface area is 179 Å². The second kappa shape index (κ2) is 10.1. The summed E-state index contributed by atoms with van der Waals surface area (Å²) in [6.45, 7) is 6.16. The Kier molecular flexibility index (Phi) is 7.30. The lowest BCUT2D eigenvalue weighted by atomic mass is 10.2. The van der Waals surface area contributed by atoms with Gasteiger partial charge in [-0.15, -0.1) is 0 Å². The molecule has 0 bridgehead atoms. The minimum atomic E-state index is -0.258. The number of carbonyl (C=O) groups excluding carboxylic acids is 1. The second-order valence-corrected chi connectivity index (χ2v) is 7.43. The molecule has 1 aliphatic rings. The van der Waals surface area contributed by atoms with Gasteiger partial charge in [-0.2, -0.15) is 5.10 Å². The zero-order chi connectivity index (χ0) is 20.6. The summed E-state index contributed by atoms with van der Waals surface area (Å²) in [6, 6.07) is 11.2. The maximum Gasteiger partial charge on any atom is 0.271 e. The van der Waals surface area contributed by atoms with Crippen molar-refractivity contribution in [1.82, 2.24) is 5.43 Å². The fraction of sp³-hybridized carbons (Fsp3) is 0.273. The molecule has 6 nitrogen and oxygen atoms in total. The van der Waals surface area contributed by atoms with Crippen LogP contribution in [0.1, 0.15) is 28.8 Å². The summed E-state index contributed by atoms with van der Waals surface area (Å²) in [5.74, 6) is 0.893. The Hall–Kier alpha value is -2.80. The van der Waals surface area contributed by atoms with Crippen LogP contribution in [0, 0.1) is 0 Å². The number of carbonyl (C=O) groups is 1. The predicted octanol–water partition coefficient (Wildman–Crippen LogP) is 4.39. The molecule has 2 aromatic carbocycles. The minimum Gasteiger partial charge on any atom is -0.493 e. The SMILES string of the molecule is C=CCOc1c(Br)cc(/C=N\NC(=O)c2ccc(N3CCCC3)cc2)cc1OC. The normalized spacial score (nSPS) is 13.5. The molecule has 1 heterocycles. The highest BCUT2D eigenvalue weighted by Gasteiger charge is 2.13. The van der Waals surface area contributed by atoms with Crippen molar-refractivity contribution >= 4 is 33.7 Å². The van der Waals surface area contributed by atoms with Crippen molar-refractivity contribution in [2.75, 3.05) is 31.7 Å². The molecule has 1 N–H and O–H groups in total. The fourth-order valence-corrected chi connectivity index (χ4v) is 3.70. The average Bonchev–Trinajstić information content (AvgIpc) is 3.27. The maximum absolute atomic E-state index is 12.3. The Morgan fingerprint density at radius 2 is 2.00 bits per heavy atom. The van der Waals surface area contributed by atoms with E-state index in [2.05, 4.69) is 37.9 Å². The minimum absolute atomic E-state index is 0.258.